The quantitative estimate of drug-likeness (QED) is 0.0341. The number of aliphatic carboxylic acids is 2. The van der Waals surface area contributed by atoms with Gasteiger partial charge in [-0.2, -0.15) is 10.2 Å². The molecule has 304 valence electrons. The van der Waals surface area contributed by atoms with Gasteiger partial charge in [0.2, 0.25) is 16.4 Å². The molecule has 4 heterocycles. The van der Waals surface area contributed by atoms with E-state index in [1.165, 1.54) is 30.2 Å². The van der Waals surface area contributed by atoms with Gasteiger partial charge in [0.15, 0.2) is 22.3 Å². The molecule has 5 rings (SSSR count). The number of carboxylic acids is 2. The van der Waals surface area contributed by atoms with E-state index in [4.69, 9.17) is 22.2 Å². The van der Waals surface area contributed by atoms with E-state index in [0.29, 0.717) is 0 Å². The number of oxime groups is 1. The number of hydrogen-bond donors (Lipinski definition) is 9. The molecule has 0 saturated carbocycles. The second-order valence-electron chi connectivity index (χ2n) is 12.5. The van der Waals surface area contributed by atoms with Crippen molar-refractivity contribution in [3.63, 3.8) is 0 Å². The van der Waals surface area contributed by atoms with Crippen molar-refractivity contribution in [3.8, 4) is 11.5 Å². The van der Waals surface area contributed by atoms with Gasteiger partial charge in [0, 0.05) is 25.0 Å². The average Bonchev–Trinajstić information content (AvgIpc) is 3.86. The van der Waals surface area contributed by atoms with Gasteiger partial charge in [-0.1, -0.05) is 28.5 Å². The molecule has 0 radical (unpaired) electrons. The molecule has 57 heavy (non-hydrogen) atoms. The number of carbonyl (C=O) groups is 7. The number of phenols is 2. The Kier molecular flexibility index (Phi) is 12.3. The summed E-state index contributed by atoms with van der Waals surface area (Å²) in [6.07, 6.45) is 2.10. The van der Waals surface area contributed by atoms with Crippen LogP contribution in [0.5, 0.6) is 11.5 Å². The minimum atomic E-state index is -1.96. The summed E-state index contributed by atoms with van der Waals surface area (Å²) in [5.41, 5.74) is 5.34. The highest BCUT2D eigenvalue weighted by atomic mass is 35.5. The Labute approximate surface area is 333 Å². The molecule has 27 heteroatoms. The number of halogens is 1. The van der Waals surface area contributed by atoms with Crippen LogP contribution >= 0.6 is 34.7 Å². The number of aromatic nitrogens is 1. The molecule has 10 N–H and O–H groups in total. The lowest BCUT2D eigenvalue weighted by atomic mass is 10.1. The van der Waals surface area contributed by atoms with Crippen molar-refractivity contribution in [3.05, 3.63) is 33.8 Å². The number of aromatic hydroxyl groups is 2. The summed E-state index contributed by atoms with van der Waals surface area (Å²) in [6.45, 7) is 1.75. The molecule has 3 saturated heterocycles. The summed E-state index contributed by atoms with van der Waals surface area (Å²) in [5, 5.41) is 58.6. The lowest BCUT2D eigenvalue weighted by molar-refractivity contribution is -0.161. The maximum Gasteiger partial charge on any atom is 0.350 e. The first-order valence-corrected chi connectivity index (χ1v) is 18.4. The highest BCUT2D eigenvalue weighted by Crippen LogP contribution is 2.49. The SMILES string of the molecule is CC(C)(O/N=C(\C(=O)N[C@@H]1C(=O)N2C[C@@](C(=O)O)(N3CCN(/N=C/C=N/NC(=O)NCCNC(=O)c4ccc(O)c(O)c4Cl)C3=O)S[C@H]12)c1csc(N)n1)C(=O)O. The van der Waals surface area contributed by atoms with Crippen LogP contribution in [0.25, 0.3) is 0 Å². The Bertz CT molecular complexity index is 2100. The number of amides is 7. The maximum atomic E-state index is 13.4. The van der Waals surface area contributed by atoms with Crippen molar-refractivity contribution in [2.45, 2.75) is 35.7 Å². The van der Waals surface area contributed by atoms with Gasteiger partial charge in [-0.3, -0.25) is 19.3 Å². The number of hydrazone groups is 2. The Morgan fingerprint density at radius 2 is 1.84 bits per heavy atom. The topological polar surface area (TPSA) is 343 Å². The fourth-order valence-electron chi connectivity index (χ4n) is 5.24. The molecule has 7 amide bonds. The number of carboxylic acid groups (broad SMARTS) is 2. The molecule has 24 nitrogen and oxygen atoms in total. The zero-order valence-corrected chi connectivity index (χ0v) is 31.9. The van der Waals surface area contributed by atoms with E-state index in [2.05, 4.69) is 41.7 Å². The van der Waals surface area contributed by atoms with Crippen molar-refractivity contribution in [1.29, 1.82) is 0 Å². The van der Waals surface area contributed by atoms with Gasteiger partial charge < -0.3 is 51.8 Å². The fourth-order valence-corrected chi connectivity index (χ4v) is 7.67. The number of benzene rings is 1. The number of phenolic OH excluding ortho intramolecular Hbond substituents is 2. The van der Waals surface area contributed by atoms with Crippen LogP contribution in [0, 0.1) is 0 Å². The van der Waals surface area contributed by atoms with Gasteiger partial charge >= 0.3 is 24.0 Å². The standard InChI is InChI=1S/C30H33ClN12O12S2/c1-29(2,24(49)50)55-40-17(14-11-56-26(32)37-14)21(47)38-18-22(48)41-12-30(25(51)52,57-23(18)41)42-9-10-43(28(42)54)36-8-7-35-39-27(53)34-6-5-33-20(46)13-3-4-15(44)19(45)16(13)31/h3-4,7-8,11,18,23,44-45H,5-6,9-10,12H2,1-2H3,(H2,32,37)(H,33,46)(H,38,47)(H,49,50)(H,51,52)(H2,34,39,53)/b35-7+,36-8+,40-17-/t18-,23-,30-/m1/s1. The number of nitrogens with one attached hydrogen (secondary N) is 4. The number of thiazole rings is 1. The minimum Gasteiger partial charge on any atom is -0.504 e. The van der Waals surface area contributed by atoms with Crippen molar-refractivity contribution in [2.24, 2.45) is 15.4 Å². The molecule has 3 aliphatic rings. The molecular formula is C30H33ClN12O12S2. The van der Waals surface area contributed by atoms with E-state index >= 15 is 0 Å². The Balaban J connectivity index is 1.13. The first-order chi connectivity index (χ1) is 26.9. The third-order valence-corrected chi connectivity index (χ3v) is 11.0. The Morgan fingerprint density at radius 1 is 1.12 bits per heavy atom. The number of fused-ring (bicyclic) bond motifs is 1. The van der Waals surface area contributed by atoms with E-state index in [0.717, 1.165) is 51.5 Å². The minimum absolute atomic E-state index is 0.0375. The van der Waals surface area contributed by atoms with Gasteiger partial charge in [0.1, 0.15) is 17.1 Å². The van der Waals surface area contributed by atoms with E-state index in [1.807, 2.05) is 0 Å². The van der Waals surface area contributed by atoms with Crippen LogP contribution in [0.2, 0.25) is 5.02 Å². The number of nitrogen functional groups attached to an aromatic ring is 1. The molecule has 0 bridgehead atoms. The van der Waals surface area contributed by atoms with Crippen molar-refractivity contribution in [1.82, 2.24) is 41.2 Å². The van der Waals surface area contributed by atoms with Crippen LogP contribution in [0.4, 0.5) is 14.7 Å². The average molecular weight is 853 g/mol. The lowest BCUT2D eigenvalue weighted by Gasteiger charge is -2.41. The highest BCUT2D eigenvalue weighted by molar-refractivity contribution is 8.02. The largest absolute Gasteiger partial charge is 0.504 e. The van der Waals surface area contributed by atoms with E-state index < -0.39 is 87.4 Å². The molecular weight excluding hydrogens is 820 g/mol. The summed E-state index contributed by atoms with van der Waals surface area (Å²) in [5.74, 6) is -6.25. The number of rotatable bonds is 15. The zero-order chi connectivity index (χ0) is 41.8. The monoisotopic (exact) mass is 852 g/mol. The maximum absolute atomic E-state index is 13.4. The number of nitrogens with two attached hydrogens (primary N) is 1. The van der Waals surface area contributed by atoms with Gasteiger partial charge in [-0.05, 0) is 26.0 Å². The molecule has 0 spiro atoms. The molecule has 3 fully saturated rings. The van der Waals surface area contributed by atoms with Crippen LogP contribution in [0.3, 0.4) is 0 Å². The number of hydrogen-bond acceptors (Lipinski definition) is 17. The number of nitrogens with zero attached hydrogens (tertiary/aromatic N) is 7. The molecule has 0 unspecified atom stereocenters. The van der Waals surface area contributed by atoms with Crippen molar-refractivity contribution < 1.29 is 58.8 Å². The Hall–Kier alpha value is -6.41. The second kappa shape index (κ2) is 16.8. The summed E-state index contributed by atoms with van der Waals surface area (Å²) in [7, 11) is 0. The highest BCUT2D eigenvalue weighted by Gasteiger charge is 2.66. The summed E-state index contributed by atoms with van der Waals surface area (Å²) in [4.78, 5) is 97.7. The van der Waals surface area contributed by atoms with Gasteiger partial charge in [0.25, 0.3) is 11.8 Å². The number of thioether (sulfide) groups is 1. The molecule has 3 atom stereocenters. The molecule has 0 aliphatic carbocycles. The van der Waals surface area contributed by atoms with E-state index in [-0.39, 0.29) is 47.6 Å². The second-order valence-corrected chi connectivity index (χ2v) is 15.1. The van der Waals surface area contributed by atoms with Crippen LogP contribution in [0.15, 0.2) is 32.9 Å². The third-order valence-electron chi connectivity index (χ3n) is 8.29. The van der Waals surface area contributed by atoms with Crippen molar-refractivity contribution in [2.75, 3.05) is 38.5 Å². The summed E-state index contributed by atoms with van der Waals surface area (Å²) < 4.78 is 0. The third kappa shape index (κ3) is 8.70. The zero-order valence-electron chi connectivity index (χ0n) is 29.5. The number of urea groups is 2. The molecule has 1 aromatic heterocycles. The Morgan fingerprint density at radius 3 is 2.51 bits per heavy atom. The number of carbonyl (C=O) groups excluding carboxylic acids is 5. The smallest absolute Gasteiger partial charge is 0.350 e. The molecule has 2 aromatic rings. The van der Waals surface area contributed by atoms with Crippen LogP contribution in [-0.4, -0.2) is 155 Å². The summed E-state index contributed by atoms with van der Waals surface area (Å²) >= 11 is 7.58. The molecule has 3 aliphatic heterocycles. The van der Waals surface area contributed by atoms with Gasteiger partial charge in [-0.15, -0.1) is 11.3 Å². The first kappa shape index (κ1) is 41.7. The van der Waals surface area contributed by atoms with E-state index in [9.17, 15) is 54.0 Å². The predicted molar refractivity (Wildman–Crippen MR) is 201 cm³/mol. The first-order valence-electron chi connectivity index (χ1n) is 16.3. The van der Waals surface area contributed by atoms with Gasteiger partial charge in [-0.25, -0.2) is 34.6 Å². The fraction of sp³-hybridized carbons (Fsp3) is 0.367. The van der Waals surface area contributed by atoms with Crippen LogP contribution in [0.1, 0.15) is 29.9 Å². The van der Waals surface area contributed by atoms with E-state index in [1.54, 1.807) is 0 Å². The van der Waals surface area contributed by atoms with Gasteiger partial charge in [0.05, 0.1) is 36.1 Å². The van der Waals surface area contributed by atoms with Crippen molar-refractivity contribution >= 4 is 99.7 Å². The predicted octanol–water partition coefficient (Wildman–Crippen LogP) is -1.01. The normalized spacial score (nSPS) is 20.8. The number of β-lactam (4-membered cyclic amide) rings is 1. The van der Waals surface area contributed by atoms with Crippen LogP contribution < -0.4 is 27.1 Å². The number of anilines is 1. The lowest BCUT2D eigenvalue weighted by Crippen LogP contribution is -2.68. The molecule has 1 aromatic carbocycles. The van der Waals surface area contributed by atoms with Crippen LogP contribution in [-0.2, 0) is 24.0 Å². The summed E-state index contributed by atoms with van der Waals surface area (Å²) in [6, 6.07) is -0.534.